The summed E-state index contributed by atoms with van der Waals surface area (Å²) in [7, 11) is 1.56. The molecule has 0 unspecified atom stereocenters. The molecule has 1 atom stereocenters. The van der Waals surface area contributed by atoms with Crippen LogP contribution in [-0.2, 0) is 25.7 Å². The molecule has 0 saturated carbocycles. The molecular formula is C22H24N2O5. The summed E-state index contributed by atoms with van der Waals surface area (Å²) in [4.78, 5) is 38.1. The predicted molar refractivity (Wildman–Crippen MR) is 107 cm³/mol. The van der Waals surface area contributed by atoms with E-state index in [1.807, 2.05) is 31.2 Å². The Labute approximate surface area is 169 Å². The van der Waals surface area contributed by atoms with Crippen LogP contribution in [0.1, 0.15) is 17.5 Å². The van der Waals surface area contributed by atoms with Gasteiger partial charge in [0.25, 0.3) is 5.91 Å². The summed E-state index contributed by atoms with van der Waals surface area (Å²) in [6.45, 7) is 2.36. The van der Waals surface area contributed by atoms with Gasteiger partial charge in [0.1, 0.15) is 5.75 Å². The van der Waals surface area contributed by atoms with Crippen LogP contribution in [0.3, 0.4) is 0 Å². The zero-order valence-corrected chi connectivity index (χ0v) is 16.5. The van der Waals surface area contributed by atoms with E-state index in [2.05, 4.69) is 5.32 Å². The van der Waals surface area contributed by atoms with Crippen molar-refractivity contribution in [2.75, 3.05) is 25.6 Å². The first kappa shape index (κ1) is 20.4. The molecule has 2 aromatic rings. The van der Waals surface area contributed by atoms with Gasteiger partial charge in [-0.2, -0.15) is 0 Å². The summed E-state index contributed by atoms with van der Waals surface area (Å²) in [5.74, 6) is -0.938. The van der Waals surface area contributed by atoms with Crippen LogP contribution in [0, 0.1) is 12.8 Å². The monoisotopic (exact) mass is 396 g/mol. The highest BCUT2D eigenvalue weighted by Gasteiger charge is 2.35. The third-order valence-corrected chi connectivity index (χ3v) is 4.76. The summed E-state index contributed by atoms with van der Waals surface area (Å²) in [6, 6.07) is 14.7. The number of hydrogen-bond donors (Lipinski definition) is 1. The summed E-state index contributed by atoms with van der Waals surface area (Å²) in [5, 5.41) is 2.64. The number of anilines is 1. The number of benzene rings is 2. The van der Waals surface area contributed by atoms with E-state index in [9.17, 15) is 14.4 Å². The standard InChI is InChI=1S/C22H24N2O5/c1-15-3-5-16(6-4-15)12-24-13-17(11-21(24)26)22(27)29-14-20(25)23-18-7-9-19(28-2)10-8-18/h3-10,17H,11-14H2,1-2H3,(H,23,25)/t17-/m0/s1. The zero-order valence-electron chi connectivity index (χ0n) is 16.5. The van der Waals surface area contributed by atoms with E-state index in [1.54, 1.807) is 36.3 Å². The van der Waals surface area contributed by atoms with Crippen LogP contribution in [0.4, 0.5) is 5.69 Å². The first-order valence-corrected chi connectivity index (χ1v) is 9.38. The lowest BCUT2D eigenvalue weighted by atomic mass is 10.1. The van der Waals surface area contributed by atoms with Gasteiger partial charge in [0.15, 0.2) is 6.61 Å². The van der Waals surface area contributed by atoms with E-state index in [4.69, 9.17) is 9.47 Å². The van der Waals surface area contributed by atoms with Crippen LogP contribution in [0.25, 0.3) is 0 Å². The zero-order chi connectivity index (χ0) is 20.8. The maximum Gasteiger partial charge on any atom is 0.311 e. The topological polar surface area (TPSA) is 84.9 Å². The Bertz CT molecular complexity index is 877. The van der Waals surface area contributed by atoms with Gasteiger partial charge in [-0.05, 0) is 36.8 Å². The molecule has 0 aromatic heterocycles. The molecule has 0 bridgehead atoms. The molecule has 1 aliphatic heterocycles. The van der Waals surface area contributed by atoms with Crippen molar-refractivity contribution in [3.63, 3.8) is 0 Å². The van der Waals surface area contributed by atoms with Crippen LogP contribution in [-0.4, -0.2) is 42.9 Å². The van der Waals surface area contributed by atoms with Crippen molar-refractivity contribution < 1.29 is 23.9 Å². The van der Waals surface area contributed by atoms with Crippen molar-refractivity contribution in [3.05, 3.63) is 59.7 Å². The van der Waals surface area contributed by atoms with E-state index in [-0.39, 0.29) is 12.3 Å². The fraction of sp³-hybridized carbons (Fsp3) is 0.318. The van der Waals surface area contributed by atoms with Gasteiger partial charge in [-0.25, -0.2) is 0 Å². The molecule has 1 heterocycles. The fourth-order valence-corrected chi connectivity index (χ4v) is 3.12. The van der Waals surface area contributed by atoms with E-state index in [0.717, 1.165) is 11.1 Å². The third kappa shape index (κ3) is 5.57. The number of carbonyl (C=O) groups excluding carboxylic acids is 3. The van der Waals surface area contributed by atoms with Crippen LogP contribution in [0.5, 0.6) is 5.75 Å². The highest BCUT2D eigenvalue weighted by Crippen LogP contribution is 2.22. The minimum Gasteiger partial charge on any atom is -0.497 e. The molecule has 1 aliphatic rings. The lowest BCUT2D eigenvalue weighted by Gasteiger charge is -2.16. The lowest BCUT2D eigenvalue weighted by molar-refractivity contribution is -0.151. The molecule has 2 aromatic carbocycles. The molecule has 3 rings (SSSR count). The average Bonchev–Trinajstić information content (AvgIpc) is 3.09. The van der Waals surface area contributed by atoms with Crippen molar-refractivity contribution in [1.29, 1.82) is 0 Å². The van der Waals surface area contributed by atoms with Gasteiger partial charge in [-0.3, -0.25) is 14.4 Å². The maximum absolute atomic E-state index is 12.3. The Kier molecular flexibility index (Phi) is 6.49. The van der Waals surface area contributed by atoms with Crippen molar-refractivity contribution in [2.45, 2.75) is 19.9 Å². The summed E-state index contributed by atoms with van der Waals surface area (Å²) >= 11 is 0. The number of nitrogens with one attached hydrogen (secondary N) is 1. The second-order valence-electron chi connectivity index (χ2n) is 7.05. The molecule has 0 aliphatic carbocycles. The third-order valence-electron chi connectivity index (χ3n) is 4.76. The van der Waals surface area contributed by atoms with E-state index in [1.165, 1.54) is 0 Å². The van der Waals surface area contributed by atoms with Crippen molar-refractivity contribution in [3.8, 4) is 5.75 Å². The SMILES string of the molecule is COc1ccc(NC(=O)COC(=O)[C@H]2CC(=O)N(Cc3ccc(C)cc3)C2)cc1. The Morgan fingerprint density at radius 3 is 2.45 bits per heavy atom. The van der Waals surface area contributed by atoms with Crippen LogP contribution >= 0.6 is 0 Å². The molecule has 1 fully saturated rings. The summed E-state index contributed by atoms with van der Waals surface area (Å²) in [6.07, 6.45) is 0.102. The second kappa shape index (κ2) is 9.23. The molecule has 1 N–H and O–H groups in total. The van der Waals surface area contributed by atoms with Gasteiger partial charge in [0, 0.05) is 25.2 Å². The number of rotatable bonds is 7. The molecule has 7 nitrogen and oxygen atoms in total. The molecule has 0 spiro atoms. The number of methoxy groups -OCH3 is 1. The number of nitrogens with zero attached hydrogens (tertiary/aromatic N) is 1. The number of likely N-dealkylation sites (tertiary alicyclic amines) is 1. The van der Waals surface area contributed by atoms with Gasteiger partial charge >= 0.3 is 5.97 Å². The van der Waals surface area contributed by atoms with Crippen molar-refractivity contribution in [1.82, 2.24) is 4.90 Å². The van der Waals surface area contributed by atoms with E-state index in [0.29, 0.717) is 24.5 Å². The van der Waals surface area contributed by atoms with Crippen LogP contribution in [0.15, 0.2) is 48.5 Å². The summed E-state index contributed by atoms with van der Waals surface area (Å²) in [5.41, 5.74) is 2.74. The van der Waals surface area contributed by atoms with Crippen molar-refractivity contribution >= 4 is 23.5 Å². The molecule has 29 heavy (non-hydrogen) atoms. The van der Waals surface area contributed by atoms with E-state index >= 15 is 0 Å². The molecular weight excluding hydrogens is 372 g/mol. The Balaban J connectivity index is 1.45. The largest absolute Gasteiger partial charge is 0.497 e. The number of aryl methyl sites for hydroxylation is 1. The Hall–Kier alpha value is -3.35. The Morgan fingerprint density at radius 2 is 1.79 bits per heavy atom. The fourth-order valence-electron chi connectivity index (χ4n) is 3.12. The van der Waals surface area contributed by atoms with Gasteiger partial charge in [-0.1, -0.05) is 29.8 Å². The smallest absolute Gasteiger partial charge is 0.311 e. The minimum absolute atomic E-state index is 0.0878. The molecule has 7 heteroatoms. The highest BCUT2D eigenvalue weighted by atomic mass is 16.5. The van der Waals surface area contributed by atoms with Gasteiger partial charge in [0.2, 0.25) is 5.91 Å². The van der Waals surface area contributed by atoms with Crippen LogP contribution < -0.4 is 10.1 Å². The lowest BCUT2D eigenvalue weighted by Crippen LogP contribution is -2.28. The number of carbonyl (C=O) groups is 3. The quantitative estimate of drug-likeness (QED) is 0.727. The van der Waals surface area contributed by atoms with Crippen LogP contribution in [0.2, 0.25) is 0 Å². The number of esters is 1. The molecule has 1 saturated heterocycles. The number of ether oxygens (including phenoxy) is 2. The van der Waals surface area contributed by atoms with Gasteiger partial charge in [0.05, 0.1) is 13.0 Å². The number of amides is 2. The van der Waals surface area contributed by atoms with Gasteiger partial charge in [-0.15, -0.1) is 0 Å². The molecule has 152 valence electrons. The van der Waals surface area contributed by atoms with E-state index < -0.39 is 24.4 Å². The van der Waals surface area contributed by atoms with Crippen molar-refractivity contribution in [2.24, 2.45) is 5.92 Å². The Morgan fingerprint density at radius 1 is 1.10 bits per heavy atom. The number of hydrogen-bond acceptors (Lipinski definition) is 5. The molecule has 0 radical (unpaired) electrons. The predicted octanol–water partition coefficient (Wildman–Crippen LogP) is 2.53. The summed E-state index contributed by atoms with van der Waals surface area (Å²) < 4.78 is 10.2. The van der Waals surface area contributed by atoms with Gasteiger partial charge < -0.3 is 19.7 Å². The normalized spacial score (nSPS) is 15.9. The second-order valence-corrected chi connectivity index (χ2v) is 7.05. The average molecular weight is 396 g/mol. The highest BCUT2D eigenvalue weighted by molar-refractivity contribution is 5.93. The first-order valence-electron chi connectivity index (χ1n) is 9.38. The minimum atomic E-state index is -0.554. The maximum atomic E-state index is 12.3. The first-order chi connectivity index (χ1) is 13.9. The molecule has 2 amide bonds.